The van der Waals surface area contributed by atoms with E-state index in [9.17, 15) is 13.2 Å². The number of rotatable bonds is 0. The summed E-state index contributed by atoms with van der Waals surface area (Å²) < 4.78 is 39.5. The molecule has 11 heavy (non-hydrogen) atoms. The Morgan fingerprint density at radius 3 is 2.64 bits per heavy atom. The maximum absolute atomic E-state index is 11.6. The van der Waals surface area contributed by atoms with Gasteiger partial charge in [-0.25, -0.2) is 0 Å². The second-order valence-corrected chi connectivity index (χ2v) is 2.00. The minimum absolute atomic E-state index is 0.0838. The SMILES string of the molecule is FC(F)(F)NC1=NCCOC1. The van der Waals surface area contributed by atoms with Crippen LogP contribution in [0.4, 0.5) is 13.2 Å². The van der Waals surface area contributed by atoms with Crippen LogP contribution >= 0.6 is 0 Å². The molecule has 0 aromatic carbocycles. The van der Waals surface area contributed by atoms with Crippen LogP contribution in [0, 0.1) is 0 Å². The van der Waals surface area contributed by atoms with Crippen LogP contribution in [0.5, 0.6) is 0 Å². The fraction of sp³-hybridized carbons (Fsp3) is 0.800. The van der Waals surface area contributed by atoms with Crippen molar-refractivity contribution in [3.05, 3.63) is 0 Å². The van der Waals surface area contributed by atoms with Crippen LogP contribution in [-0.4, -0.2) is 31.9 Å². The lowest BCUT2D eigenvalue weighted by Crippen LogP contribution is -2.41. The monoisotopic (exact) mass is 168 g/mol. The van der Waals surface area contributed by atoms with E-state index in [0.717, 1.165) is 0 Å². The largest absolute Gasteiger partial charge is 0.483 e. The van der Waals surface area contributed by atoms with Gasteiger partial charge in [-0.1, -0.05) is 0 Å². The number of ether oxygens (including phenoxy) is 1. The molecule has 1 rings (SSSR count). The third-order valence-corrected chi connectivity index (χ3v) is 1.06. The minimum atomic E-state index is -4.40. The van der Waals surface area contributed by atoms with Crippen molar-refractivity contribution in [1.82, 2.24) is 5.32 Å². The van der Waals surface area contributed by atoms with Crippen molar-refractivity contribution in [2.45, 2.75) is 6.30 Å². The molecule has 0 spiro atoms. The highest BCUT2D eigenvalue weighted by Gasteiger charge is 2.29. The second kappa shape index (κ2) is 3.08. The number of nitrogens with zero attached hydrogens (tertiary/aromatic N) is 1. The lowest BCUT2D eigenvalue weighted by molar-refractivity contribution is -0.143. The van der Waals surface area contributed by atoms with Gasteiger partial charge in [0.15, 0.2) is 0 Å². The van der Waals surface area contributed by atoms with Gasteiger partial charge in [0.25, 0.3) is 0 Å². The summed E-state index contributed by atoms with van der Waals surface area (Å²) in [5.41, 5.74) is 0. The first-order valence-corrected chi connectivity index (χ1v) is 3.04. The van der Waals surface area contributed by atoms with Crippen LogP contribution in [0.1, 0.15) is 0 Å². The van der Waals surface area contributed by atoms with Crippen LogP contribution in [0.25, 0.3) is 0 Å². The third kappa shape index (κ3) is 3.22. The molecule has 1 heterocycles. The first-order valence-electron chi connectivity index (χ1n) is 3.04. The predicted molar refractivity (Wildman–Crippen MR) is 32.3 cm³/mol. The molecule has 1 N–H and O–H groups in total. The molecule has 1 aliphatic rings. The Hall–Kier alpha value is -0.780. The summed E-state index contributed by atoms with van der Waals surface area (Å²) in [4.78, 5) is 3.58. The van der Waals surface area contributed by atoms with Crippen LogP contribution in [-0.2, 0) is 4.74 Å². The smallest absolute Gasteiger partial charge is 0.372 e. The quantitative estimate of drug-likeness (QED) is 0.535. The molecule has 1 aliphatic heterocycles. The van der Waals surface area contributed by atoms with Gasteiger partial charge >= 0.3 is 6.30 Å². The maximum atomic E-state index is 11.6. The van der Waals surface area contributed by atoms with E-state index in [-0.39, 0.29) is 12.4 Å². The van der Waals surface area contributed by atoms with Gasteiger partial charge in [-0.05, 0) is 0 Å². The Labute approximate surface area is 61.2 Å². The highest BCUT2D eigenvalue weighted by Crippen LogP contribution is 2.09. The van der Waals surface area contributed by atoms with E-state index < -0.39 is 6.30 Å². The van der Waals surface area contributed by atoms with E-state index in [0.29, 0.717) is 13.2 Å². The summed E-state index contributed by atoms with van der Waals surface area (Å²) in [5, 5.41) is 1.28. The molecule has 6 heteroatoms. The zero-order valence-electron chi connectivity index (χ0n) is 5.61. The van der Waals surface area contributed by atoms with Gasteiger partial charge < -0.3 is 4.74 Å². The first-order chi connectivity index (χ1) is 5.08. The zero-order chi connectivity index (χ0) is 8.32. The van der Waals surface area contributed by atoms with Crippen molar-refractivity contribution < 1.29 is 17.9 Å². The molecule has 0 aliphatic carbocycles. The first kappa shape index (κ1) is 8.32. The fourth-order valence-electron chi connectivity index (χ4n) is 0.699. The van der Waals surface area contributed by atoms with Crippen molar-refractivity contribution in [2.75, 3.05) is 19.8 Å². The Balaban J connectivity index is 2.42. The third-order valence-electron chi connectivity index (χ3n) is 1.06. The van der Waals surface area contributed by atoms with E-state index in [1.54, 1.807) is 0 Å². The van der Waals surface area contributed by atoms with Gasteiger partial charge in [-0.2, -0.15) is 13.2 Å². The highest BCUT2D eigenvalue weighted by atomic mass is 19.4. The summed E-state index contributed by atoms with van der Waals surface area (Å²) in [6.07, 6.45) is -4.40. The molecule has 0 unspecified atom stereocenters. The van der Waals surface area contributed by atoms with Gasteiger partial charge in [0, 0.05) is 0 Å². The van der Waals surface area contributed by atoms with Crippen LogP contribution in [0.2, 0.25) is 0 Å². The van der Waals surface area contributed by atoms with Crippen molar-refractivity contribution in [2.24, 2.45) is 4.99 Å². The number of amidine groups is 1. The number of nitrogens with one attached hydrogen (secondary N) is 1. The van der Waals surface area contributed by atoms with Gasteiger partial charge in [0.1, 0.15) is 12.4 Å². The number of aliphatic imine (C=N–C) groups is 1. The Morgan fingerprint density at radius 1 is 1.45 bits per heavy atom. The molecule has 0 bridgehead atoms. The maximum Gasteiger partial charge on any atom is 0.483 e. The summed E-state index contributed by atoms with van der Waals surface area (Å²) in [6.45, 7) is 0.598. The standard InChI is InChI=1S/C5H7F3N2O/c6-5(7,8)10-4-3-11-2-1-9-4/h1-3H2,(H,9,10). The highest BCUT2D eigenvalue weighted by molar-refractivity contribution is 5.84. The van der Waals surface area contributed by atoms with Gasteiger partial charge in [0.05, 0.1) is 13.2 Å². The van der Waals surface area contributed by atoms with E-state index in [2.05, 4.69) is 4.99 Å². The normalized spacial score (nSPS) is 19.4. The summed E-state index contributed by atoms with van der Waals surface area (Å²) in [5.74, 6) is -0.149. The Morgan fingerprint density at radius 2 is 2.18 bits per heavy atom. The van der Waals surface area contributed by atoms with Crippen molar-refractivity contribution in [1.29, 1.82) is 0 Å². The lowest BCUT2D eigenvalue weighted by Gasteiger charge is -2.15. The van der Waals surface area contributed by atoms with E-state index in [4.69, 9.17) is 4.74 Å². The van der Waals surface area contributed by atoms with Crippen LogP contribution in [0.15, 0.2) is 4.99 Å². The summed E-state index contributed by atoms with van der Waals surface area (Å²) >= 11 is 0. The molecule has 0 radical (unpaired) electrons. The topological polar surface area (TPSA) is 33.6 Å². The number of hydrogen-bond acceptors (Lipinski definition) is 3. The van der Waals surface area contributed by atoms with Crippen LogP contribution in [0.3, 0.4) is 0 Å². The molecule has 0 saturated carbocycles. The lowest BCUT2D eigenvalue weighted by atomic mass is 10.5. The Kier molecular flexibility index (Phi) is 2.33. The average Bonchev–Trinajstić information content (AvgIpc) is 1.85. The number of halogens is 3. The summed E-state index contributed by atoms with van der Waals surface area (Å²) in [6, 6.07) is 0. The van der Waals surface area contributed by atoms with Gasteiger partial charge in [0.2, 0.25) is 0 Å². The number of hydrogen-bond donors (Lipinski definition) is 1. The van der Waals surface area contributed by atoms with E-state index in [1.165, 1.54) is 5.32 Å². The molecule has 0 atom stereocenters. The van der Waals surface area contributed by atoms with Crippen molar-refractivity contribution in [3.63, 3.8) is 0 Å². The fourth-order valence-corrected chi connectivity index (χ4v) is 0.699. The van der Waals surface area contributed by atoms with Crippen molar-refractivity contribution >= 4 is 5.84 Å². The molecule has 0 aromatic rings. The van der Waals surface area contributed by atoms with Gasteiger partial charge in [-0.3, -0.25) is 10.3 Å². The molecule has 3 nitrogen and oxygen atoms in total. The molecule has 0 amide bonds. The van der Waals surface area contributed by atoms with E-state index >= 15 is 0 Å². The minimum Gasteiger partial charge on any atom is -0.372 e. The zero-order valence-corrected chi connectivity index (χ0v) is 5.61. The molecule has 0 aromatic heterocycles. The second-order valence-electron chi connectivity index (χ2n) is 2.00. The predicted octanol–water partition coefficient (Wildman–Crippen LogP) is 0.524. The molecular weight excluding hydrogens is 161 g/mol. The average molecular weight is 168 g/mol. The van der Waals surface area contributed by atoms with E-state index in [1.807, 2.05) is 0 Å². The molecule has 0 saturated heterocycles. The molecular formula is C5H7F3N2O. The van der Waals surface area contributed by atoms with Gasteiger partial charge in [-0.15, -0.1) is 0 Å². The van der Waals surface area contributed by atoms with Crippen molar-refractivity contribution in [3.8, 4) is 0 Å². The summed E-state index contributed by atoms with van der Waals surface area (Å²) in [7, 11) is 0. The number of alkyl halides is 3. The van der Waals surface area contributed by atoms with Crippen LogP contribution < -0.4 is 5.32 Å². The Bertz CT molecular complexity index is 166. The molecule has 0 fully saturated rings. The molecule has 64 valence electrons.